The van der Waals surface area contributed by atoms with E-state index in [9.17, 15) is 4.79 Å². The van der Waals surface area contributed by atoms with E-state index in [0.717, 1.165) is 11.1 Å². The first-order chi connectivity index (χ1) is 12.1. The van der Waals surface area contributed by atoms with Crippen LogP contribution in [0.3, 0.4) is 0 Å². The standard InChI is InChI=1S/C21H22O4/c1-15-19(23-13-17-9-5-3-6-10-17)20(16(2)25-21(15)22)24-14-18-11-7-4-8-12-18/h3-12,16,19-20H,1,13-14H2,2H3/t16-,19-,20-/m0/s1. The van der Waals surface area contributed by atoms with Crippen LogP contribution in [0.25, 0.3) is 0 Å². The summed E-state index contributed by atoms with van der Waals surface area (Å²) in [4.78, 5) is 12.0. The summed E-state index contributed by atoms with van der Waals surface area (Å²) in [6.07, 6.45) is -1.32. The Kier molecular flexibility index (Phi) is 5.64. The van der Waals surface area contributed by atoms with Crippen LogP contribution in [0.5, 0.6) is 0 Å². The summed E-state index contributed by atoms with van der Waals surface area (Å²) in [5.41, 5.74) is 2.38. The smallest absolute Gasteiger partial charge is 0.336 e. The van der Waals surface area contributed by atoms with Gasteiger partial charge in [0.2, 0.25) is 0 Å². The van der Waals surface area contributed by atoms with E-state index in [1.165, 1.54) is 0 Å². The molecule has 3 rings (SSSR count). The second kappa shape index (κ2) is 8.10. The van der Waals surface area contributed by atoms with Crippen LogP contribution in [0.4, 0.5) is 0 Å². The molecule has 1 aliphatic rings. The Balaban J connectivity index is 1.69. The number of hydrogen-bond donors (Lipinski definition) is 0. The molecule has 1 saturated heterocycles. The van der Waals surface area contributed by atoms with Crippen LogP contribution in [0.1, 0.15) is 18.1 Å². The predicted molar refractivity (Wildman–Crippen MR) is 94.7 cm³/mol. The molecule has 4 nitrogen and oxygen atoms in total. The van der Waals surface area contributed by atoms with Gasteiger partial charge in [-0.3, -0.25) is 0 Å². The Hall–Kier alpha value is -2.43. The minimum Gasteiger partial charge on any atom is -0.456 e. The molecule has 0 saturated carbocycles. The van der Waals surface area contributed by atoms with Crippen LogP contribution in [0.2, 0.25) is 0 Å². The first-order valence-corrected chi connectivity index (χ1v) is 8.36. The zero-order valence-corrected chi connectivity index (χ0v) is 14.3. The van der Waals surface area contributed by atoms with E-state index in [1.807, 2.05) is 67.6 Å². The van der Waals surface area contributed by atoms with Gasteiger partial charge >= 0.3 is 5.97 Å². The molecular weight excluding hydrogens is 316 g/mol. The van der Waals surface area contributed by atoms with Crippen molar-refractivity contribution in [2.24, 2.45) is 0 Å². The number of hydrogen-bond acceptors (Lipinski definition) is 4. The average Bonchev–Trinajstić information content (AvgIpc) is 2.64. The number of benzene rings is 2. The van der Waals surface area contributed by atoms with Crippen molar-refractivity contribution < 1.29 is 19.0 Å². The van der Waals surface area contributed by atoms with Crippen LogP contribution in [0, 0.1) is 0 Å². The third-order valence-electron chi connectivity index (χ3n) is 4.22. The molecule has 2 aromatic carbocycles. The number of cyclic esters (lactones) is 1. The zero-order valence-electron chi connectivity index (χ0n) is 14.3. The Morgan fingerprint density at radius 1 is 0.920 bits per heavy atom. The van der Waals surface area contributed by atoms with Gasteiger partial charge in [0, 0.05) is 0 Å². The van der Waals surface area contributed by atoms with Gasteiger partial charge in [-0.1, -0.05) is 67.2 Å². The molecule has 3 atom stereocenters. The van der Waals surface area contributed by atoms with Crippen LogP contribution in [-0.2, 0) is 32.2 Å². The number of rotatable bonds is 6. The molecule has 0 amide bonds. The summed E-state index contributed by atoms with van der Waals surface area (Å²) in [7, 11) is 0. The van der Waals surface area contributed by atoms with E-state index in [0.29, 0.717) is 18.8 Å². The number of esters is 1. The SMILES string of the molecule is C=C1C(=O)O[C@@H](C)[C@H](OCc2ccccc2)[C@H]1OCc1ccccc1. The van der Waals surface area contributed by atoms with Crippen molar-refractivity contribution in [1.29, 1.82) is 0 Å². The maximum atomic E-state index is 12.0. The number of ether oxygens (including phenoxy) is 3. The monoisotopic (exact) mass is 338 g/mol. The van der Waals surface area contributed by atoms with Crippen molar-refractivity contribution in [3.8, 4) is 0 Å². The molecule has 0 aliphatic carbocycles. The lowest BCUT2D eigenvalue weighted by molar-refractivity contribution is -0.179. The largest absolute Gasteiger partial charge is 0.456 e. The second-order valence-corrected chi connectivity index (χ2v) is 6.11. The van der Waals surface area contributed by atoms with Gasteiger partial charge < -0.3 is 14.2 Å². The van der Waals surface area contributed by atoms with Gasteiger partial charge in [-0.2, -0.15) is 0 Å². The molecule has 1 fully saturated rings. The third kappa shape index (κ3) is 4.35. The first kappa shape index (κ1) is 17.4. The summed E-state index contributed by atoms with van der Waals surface area (Å²) in [6.45, 7) is 6.47. The van der Waals surface area contributed by atoms with E-state index in [4.69, 9.17) is 14.2 Å². The molecule has 0 aromatic heterocycles. The highest BCUT2D eigenvalue weighted by Crippen LogP contribution is 2.27. The summed E-state index contributed by atoms with van der Waals surface area (Å²) in [5.74, 6) is -0.426. The normalized spacial score (nSPS) is 23.3. The lowest BCUT2D eigenvalue weighted by atomic mass is 9.98. The molecule has 4 heteroatoms. The lowest BCUT2D eigenvalue weighted by Crippen LogP contribution is -2.49. The molecule has 0 unspecified atom stereocenters. The van der Waals surface area contributed by atoms with Crippen molar-refractivity contribution in [2.75, 3.05) is 0 Å². The molecule has 0 spiro atoms. The van der Waals surface area contributed by atoms with E-state index >= 15 is 0 Å². The van der Waals surface area contributed by atoms with Gasteiger partial charge in [0.15, 0.2) is 0 Å². The van der Waals surface area contributed by atoms with E-state index in [-0.39, 0.29) is 0 Å². The van der Waals surface area contributed by atoms with Crippen LogP contribution < -0.4 is 0 Å². The summed E-state index contributed by atoms with van der Waals surface area (Å²) in [5, 5.41) is 0. The van der Waals surface area contributed by atoms with Crippen LogP contribution in [0.15, 0.2) is 72.8 Å². The maximum Gasteiger partial charge on any atom is 0.336 e. The Bertz CT molecular complexity index is 711. The van der Waals surface area contributed by atoms with E-state index in [1.54, 1.807) is 0 Å². The first-order valence-electron chi connectivity index (χ1n) is 8.36. The zero-order chi connectivity index (χ0) is 17.6. The fraction of sp³-hybridized carbons (Fsp3) is 0.286. The molecule has 0 N–H and O–H groups in total. The van der Waals surface area contributed by atoms with Gasteiger partial charge in [0.25, 0.3) is 0 Å². The Morgan fingerprint density at radius 3 is 2.00 bits per heavy atom. The van der Waals surface area contributed by atoms with Gasteiger partial charge in [0.05, 0.1) is 18.8 Å². The van der Waals surface area contributed by atoms with Gasteiger partial charge in [-0.25, -0.2) is 4.79 Å². The number of carbonyl (C=O) groups excluding carboxylic acids is 1. The molecular formula is C21H22O4. The summed E-state index contributed by atoms with van der Waals surface area (Å²) < 4.78 is 17.4. The molecule has 0 bridgehead atoms. The fourth-order valence-corrected chi connectivity index (χ4v) is 2.82. The summed E-state index contributed by atoms with van der Waals surface area (Å²) >= 11 is 0. The fourth-order valence-electron chi connectivity index (χ4n) is 2.82. The molecule has 130 valence electrons. The highest BCUT2D eigenvalue weighted by atomic mass is 16.6. The molecule has 1 aliphatic heterocycles. The lowest BCUT2D eigenvalue weighted by Gasteiger charge is -2.36. The van der Waals surface area contributed by atoms with Crippen molar-refractivity contribution in [3.05, 3.63) is 83.9 Å². The average molecular weight is 338 g/mol. The maximum absolute atomic E-state index is 12.0. The quantitative estimate of drug-likeness (QED) is 0.596. The Morgan fingerprint density at radius 2 is 1.44 bits per heavy atom. The third-order valence-corrected chi connectivity index (χ3v) is 4.22. The second-order valence-electron chi connectivity index (χ2n) is 6.11. The van der Waals surface area contributed by atoms with Crippen molar-refractivity contribution >= 4 is 5.97 Å². The molecule has 1 heterocycles. The number of carbonyl (C=O) groups is 1. The van der Waals surface area contributed by atoms with Gasteiger partial charge in [-0.05, 0) is 18.1 Å². The van der Waals surface area contributed by atoms with Crippen LogP contribution in [-0.4, -0.2) is 24.3 Å². The van der Waals surface area contributed by atoms with Crippen molar-refractivity contribution in [1.82, 2.24) is 0 Å². The minimum atomic E-state index is -0.528. The molecule has 0 radical (unpaired) electrons. The summed E-state index contributed by atoms with van der Waals surface area (Å²) in [6, 6.07) is 19.7. The van der Waals surface area contributed by atoms with E-state index < -0.39 is 24.3 Å². The Labute approximate surface area is 148 Å². The van der Waals surface area contributed by atoms with Gasteiger partial charge in [-0.15, -0.1) is 0 Å². The van der Waals surface area contributed by atoms with Gasteiger partial charge in [0.1, 0.15) is 18.3 Å². The highest BCUT2D eigenvalue weighted by Gasteiger charge is 2.41. The molecule has 25 heavy (non-hydrogen) atoms. The van der Waals surface area contributed by atoms with Crippen molar-refractivity contribution in [3.63, 3.8) is 0 Å². The predicted octanol–water partition coefficient (Wildman–Crippen LogP) is 3.66. The highest BCUT2D eigenvalue weighted by molar-refractivity contribution is 5.90. The molecule has 2 aromatic rings. The van der Waals surface area contributed by atoms with Crippen molar-refractivity contribution in [2.45, 2.75) is 38.4 Å². The van der Waals surface area contributed by atoms with E-state index in [2.05, 4.69) is 6.58 Å². The van der Waals surface area contributed by atoms with Crippen LogP contribution >= 0.6 is 0 Å². The minimum absolute atomic E-state index is 0.298. The topological polar surface area (TPSA) is 44.8 Å².